The molecule has 0 spiro atoms. The van der Waals surface area contributed by atoms with Crippen molar-refractivity contribution in [1.82, 2.24) is 9.55 Å². The molecule has 0 atom stereocenters. The molecule has 2 aromatic carbocycles. The molecule has 0 bridgehead atoms. The third kappa shape index (κ3) is 3.36. The van der Waals surface area contributed by atoms with Crippen LogP contribution in [0.15, 0.2) is 64.3 Å². The molecule has 0 amide bonds. The first-order chi connectivity index (χ1) is 14.2. The molecule has 2 aromatic heterocycles. The third-order valence-corrected chi connectivity index (χ3v) is 7.17. The topological polar surface area (TPSA) is 44.1 Å². The van der Waals surface area contributed by atoms with Crippen LogP contribution in [0.4, 0.5) is 0 Å². The monoisotopic (exact) mass is 420 g/mol. The lowest BCUT2D eigenvalue weighted by Gasteiger charge is -2.14. The number of benzene rings is 2. The van der Waals surface area contributed by atoms with Gasteiger partial charge in [0, 0.05) is 9.77 Å². The lowest BCUT2D eigenvalue weighted by atomic mass is 9.97. The maximum atomic E-state index is 13.6. The number of aryl methyl sites for hydroxylation is 2. The van der Waals surface area contributed by atoms with Gasteiger partial charge in [-0.2, -0.15) is 4.98 Å². The van der Waals surface area contributed by atoms with Gasteiger partial charge in [0.1, 0.15) is 10.6 Å². The Bertz CT molecular complexity index is 1230. The van der Waals surface area contributed by atoms with Gasteiger partial charge in [-0.3, -0.25) is 4.79 Å². The van der Waals surface area contributed by atoms with Crippen molar-refractivity contribution in [2.24, 2.45) is 0 Å². The minimum absolute atomic E-state index is 0.0451. The normalized spacial score (nSPS) is 13.4. The molecule has 2 heterocycles. The van der Waals surface area contributed by atoms with Gasteiger partial charge in [-0.25, -0.2) is 4.57 Å². The Kier molecular flexibility index (Phi) is 4.89. The molecule has 6 heteroatoms. The quantitative estimate of drug-likeness (QED) is 0.389. The zero-order valence-electron chi connectivity index (χ0n) is 16.1. The van der Waals surface area contributed by atoms with E-state index in [9.17, 15) is 4.79 Å². The van der Waals surface area contributed by atoms with E-state index >= 15 is 0 Å². The molecule has 1 aliphatic rings. The molecule has 0 saturated heterocycles. The number of thiophene rings is 1. The second kappa shape index (κ2) is 7.69. The Morgan fingerprint density at radius 2 is 1.79 bits per heavy atom. The van der Waals surface area contributed by atoms with Crippen molar-refractivity contribution in [2.45, 2.75) is 30.6 Å². The molecule has 0 unspecified atom stereocenters. The summed E-state index contributed by atoms with van der Waals surface area (Å²) in [5.41, 5.74) is 1.91. The smallest absolute Gasteiger partial charge is 0.310 e. The molecule has 0 N–H and O–H groups in total. The van der Waals surface area contributed by atoms with Crippen LogP contribution in [0, 0.1) is 0 Å². The highest BCUT2D eigenvalue weighted by atomic mass is 32.2. The fourth-order valence-corrected chi connectivity index (χ4v) is 5.46. The number of hydrogen-bond donors (Lipinski definition) is 0. The minimum Gasteiger partial charge on any atom is -0.425 e. The van der Waals surface area contributed by atoms with Crippen LogP contribution in [0.3, 0.4) is 0 Å². The summed E-state index contributed by atoms with van der Waals surface area (Å²) in [7, 11) is 0. The Morgan fingerprint density at radius 1 is 1.03 bits per heavy atom. The standard InChI is InChI=1S/C23H20N2O2S2/c1-28-17-13-11-16(12-14-17)27-23-24-21-20(18-9-5-6-10-19(18)29-21)22(26)25(23)15-7-3-2-4-8-15/h2-4,7-8,11-14H,5-6,9-10H2,1H3. The van der Waals surface area contributed by atoms with Gasteiger partial charge in [0.15, 0.2) is 0 Å². The summed E-state index contributed by atoms with van der Waals surface area (Å²) in [5, 5.41) is 0.763. The molecular formula is C23H20N2O2S2. The zero-order valence-corrected chi connectivity index (χ0v) is 17.7. The minimum atomic E-state index is -0.0451. The molecule has 0 aliphatic heterocycles. The van der Waals surface area contributed by atoms with E-state index in [4.69, 9.17) is 9.72 Å². The number of hydrogen-bond acceptors (Lipinski definition) is 5. The summed E-state index contributed by atoms with van der Waals surface area (Å²) in [6, 6.07) is 17.8. The van der Waals surface area contributed by atoms with Gasteiger partial charge in [0.2, 0.25) is 0 Å². The summed E-state index contributed by atoms with van der Waals surface area (Å²) in [6.45, 7) is 0. The van der Waals surface area contributed by atoms with Crippen molar-refractivity contribution in [3.05, 3.63) is 75.4 Å². The van der Waals surface area contributed by atoms with Crippen LogP contribution in [0.25, 0.3) is 15.9 Å². The number of ether oxygens (including phenoxy) is 1. The van der Waals surface area contributed by atoms with Crippen LogP contribution < -0.4 is 10.3 Å². The predicted octanol–water partition coefficient (Wildman–Crippen LogP) is 5.84. The third-order valence-electron chi connectivity index (χ3n) is 5.24. The number of rotatable bonds is 4. The zero-order chi connectivity index (χ0) is 19.8. The van der Waals surface area contributed by atoms with Crippen molar-refractivity contribution < 1.29 is 4.74 Å². The van der Waals surface area contributed by atoms with Crippen LogP contribution in [0.2, 0.25) is 0 Å². The van der Waals surface area contributed by atoms with Crippen LogP contribution in [0.5, 0.6) is 11.8 Å². The van der Waals surface area contributed by atoms with Crippen molar-refractivity contribution in [3.8, 4) is 17.4 Å². The number of para-hydroxylation sites is 1. The van der Waals surface area contributed by atoms with Gasteiger partial charge in [0.05, 0.1) is 11.1 Å². The molecule has 0 radical (unpaired) electrons. The highest BCUT2D eigenvalue weighted by Crippen LogP contribution is 2.35. The van der Waals surface area contributed by atoms with E-state index in [1.165, 1.54) is 16.9 Å². The first-order valence-electron chi connectivity index (χ1n) is 9.69. The van der Waals surface area contributed by atoms with Crippen molar-refractivity contribution in [1.29, 1.82) is 0 Å². The largest absolute Gasteiger partial charge is 0.425 e. The van der Waals surface area contributed by atoms with E-state index in [1.807, 2.05) is 60.9 Å². The van der Waals surface area contributed by atoms with Gasteiger partial charge in [-0.15, -0.1) is 23.1 Å². The first kappa shape index (κ1) is 18.5. The summed E-state index contributed by atoms with van der Waals surface area (Å²) in [4.78, 5) is 21.7. The van der Waals surface area contributed by atoms with Gasteiger partial charge < -0.3 is 4.74 Å². The van der Waals surface area contributed by atoms with Crippen LogP contribution in [-0.2, 0) is 12.8 Å². The van der Waals surface area contributed by atoms with Crippen molar-refractivity contribution >= 4 is 33.3 Å². The first-order valence-corrected chi connectivity index (χ1v) is 11.7. The maximum absolute atomic E-state index is 13.6. The van der Waals surface area contributed by atoms with Gasteiger partial charge in [0.25, 0.3) is 5.56 Å². The number of fused-ring (bicyclic) bond motifs is 3. The van der Waals surface area contributed by atoms with Crippen LogP contribution in [-0.4, -0.2) is 15.8 Å². The fourth-order valence-electron chi connectivity index (χ4n) is 3.81. The van der Waals surface area contributed by atoms with E-state index in [-0.39, 0.29) is 5.56 Å². The molecule has 4 nitrogen and oxygen atoms in total. The van der Waals surface area contributed by atoms with Crippen molar-refractivity contribution in [3.63, 3.8) is 0 Å². The van der Waals surface area contributed by atoms with E-state index in [2.05, 4.69) is 0 Å². The number of aromatic nitrogens is 2. The van der Waals surface area contributed by atoms with E-state index in [0.717, 1.165) is 40.1 Å². The van der Waals surface area contributed by atoms with Crippen LogP contribution >= 0.6 is 23.1 Å². The second-order valence-electron chi connectivity index (χ2n) is 7.04. The molecule has 0 saturated carbocycles. The average molecular weight is 421 g/mol. The average Bonchev–Trinajstić information content (AvgIpc) is 3.13. The molecule has 29 heavy (non-hydrogen) atoms. The Balaban J connectivity index is 1.71. The Morgan fingerprint density at radius 3 is 2.55 bits per heavy atom. The Hall–Kier alpha value is -2.57. The highest BCUT2D eigenvalue weighted by Gasteiger charge is 2.23. The van der Waals surface area contributed by atoms with Gasteiger partial charge in [-0.1, -0.05) is 18.2 Å². The Labute approximate surface area is 177 Å². The summed E-state index contributed by atoms with van der Waals surface area (Å²) in [5.74, 6) is 0.667. The molecule has 146 valence electrons. The lowest BCUT2D eigenvalue weighted by Crippen LogP contribution is -2.21. The summed E-state index contributed by atoms with van der Waals surface area (Å²) >= 11 is 3.32. The number of nitrogens with zero attached hydrogens (tertiary/aromatic N) is 2. The van der Waals surface area contributed by atoms with Gasteiger partial charge >= 0.3 is 6.01 Å². The second-order valence-corrected chi connectivity index (χ2v) is 9.00. The van der Waals surface area contributed by atoms with Crippen molar-refractivity contribution in [2.75, 3.05) is 6.26 Å². The van der Waals surface area contributed by atoms with E-state index in [1.54, 1.807) is 27.7 Å². The van der Waals surface area contributed by atoms with E-state index < -0.39 is 0 Å². The van der Waals surface area contributed by atoms with E-state index in [0.29, 0.717) is 11.8 Å². The summed E-state index contributed by atoms with van der Waals surface area (Å²) in [6.07, 6.45) is 6.34. The molecule has 1 aliphatic carbocycles. The fraction of sp³-hybridized carbons (Fsp3) is 0.217. The SMILES string of the molecule is CSc1ccc(Oc2nc3sc4c(c3c(=O)n2-c2ccccc2)CCCC4)cc1. The lowest BCUT2D eigenvalue weighted by molar-refractivity contribution is 0.427. The molecule has 0 fully saturated rings. The molecule has 5 rings (SSSR count). The van der Waals surface area contributed by atoms with Crippen LogP contribution in [0.1, 0.15) is 23.3 Å². The maximum Gasteiger partial charge on any atom is 0.310 e. The highest BCUT2D eigenvalue weighted by molar-refractivity contribution is 7.98. The number of thioether (sulfide) groups is 1. The van der Waals surface area contributed by atoms with Gasteiger partial charge in [-0.05, 0) is 73.9 Å². The molecular weight excluding hydrogens is 400 g/mol. The molecule has 4 aromatic rings. The summed E-state index contributed by atoms with van der Waals surface area (Å²) < 4.78 is 7.74. The predicted molar refractivity (Wildman–Crippen MR) is 120 cm³/mol.